The smallest absolute Gasteiger partial charge is 0.223 e. The SMILES string of the molecule is CC(C(=O)NCC1c2ccccc2-c2cncn21)C1CCCCC1. The highest BCUT2D eigenvalue weighted by Crippen LogP contribution is 2.38. The summed E-state index contributed by atoms with van der Waals surface area (Å²) in [6, 6.07) is 8.57. The van der Waals surface area contributed by atoms with Gasteiger partial charge in [0.25, 0.3) is 0 Å². The van der Waals surface area contributed by atoms with Gasteiger partial charge in [-0.25, -0.2) is 4.98 Å². The molecule has 1 aliphatic carbocycles. The summed E-state index contributed by atoms with van der Waals surface area (Å²) in [5.74, 6) is 0.871. The van der Waals surface area contributed by atoms with Crippen LogP contribution in [0.15, 0.2) is 36.8 Å². The number of benzene rings is 1. The van der Waals surface area contributed by atoms with Crippen LogP contribution in [0, 0.1) is 11.8 Å². The van der Waals surface area contributed by atoms with Crippen LogP contribution in [0.2, 0.25) is 0 Å². The first-order valence-corrected chi connectivity index (χ1v) is 9.14. The standard InChI is InChI=1S/C20H25N3O/c1-14(15-7-3-2-4-8-15)20(24)22-12-19-17-10-6-5-9-16(17)18-11-21-13-23(18)19/h5-6,9-11,13-15,19H,2-4,7-8,12H2,1H3,(H,22,24). The predicted molar refractivity (Wildman–Crippen MR) is 94.6 cm³/mol. The van der Waals surface area contributed by atoms with E-state index in [1.54, 1.807) is 0 Å². The summed E-state index contributed by atoms with van der Waals surface area (Å²) in [6.07, 6.45) is 10.1. The average Bonchev–Trinajstić information content (AvgIpc) is 3.21. The second-order valence-corrected chi connectivity index (χ2v) is 7.22. The maximum absolute atomic E-state index is 12.6. The zero-order chi connectivity index (χ0) is 16.5. The highest BCUT2D eigenvalue weighted by atomic mass is 16.1. The normalized spacial score (nSPS) is 21.1. The number of nitrogens with one attached hydrogen (secondary N) is 1. The fourth-order valence-electron chi connectivity index (χ4n) is 4.35. The summed E-state index contributed by atoms with van der Waals surface area (Å²) in [5.41, 5.74) is 3.65. The molecular weight excluding hydrogens is 298 g/mol. The first kappa shape index (κ1) is 15.4. The van der Waals surface area contributed by atoms with Crippen molar-refractivity contribution < 1.29 is 4.79 Å². The Labute approximate surface area is 143 Å². The molecule has 1 saturated carbocycles. The van der Waals surface area contributed by atoms with Crippen molar-refractivity contribution in [3.63, 3.8) is 0 Å². The van der Waals surface area contributed by atoms with Gasteiger partial charge in [-0.05, 0) is 24.3 Å². The van der Waals surface area contributed by atoms with Gasteiger partial charge < -0.3 is 9.88 Å². The molecule has 0 saturated heterocycles. The minimum absolute atomic E-state index is 0.115. The molecular formula is C20H25N3O. The van der Waals surface area contributed by atoms with Crippen LogP contribution in [0.5, 0.6) is 0 Å². The van der Waals surface area contributed by atoms with Crippen molar-refractivity contribution in [2.24, 2.45) is 11.8 Å². The molecule has 2 aromatic rings. The molecule has 0 spiro atoms. The van der Waals surface area contributed by atoms with E-state index in [9.17, 15) is 4.79 Å². The van der Waals surface area contributed by atoms with Crippen LogP contribution < -0.4 is 5.32 Å². The van der Waals surface area contributed by atoms with Crippen molar-refractivity contribution in [1.82, 2.24) is 14.9 Å². The number of hydrogen-bond donors (Lipinski definition) is 1. The van der Waals surface area contributed by atoms with Gasteiger partial charge in [0.2, 0.25) is 5.91 Å². The molecule has 1 aromatic carbocycles. The quantitative estimate of drug-likeness (QED) is 0.930. The van der Waals surface area contributed by atoms with E-state index in [0.29, 0.717) is 12.5 Å². The maximum Gasteiger partial charge on any atom is 0.223 e. The van der Waals surface area contributed by atoms with E-state index in [4.69, 9.17) is 0 Å². The predicted octanol–water partition coefficient (Wildman–Crippen LogP) is 3.79. The first-order chi connectivity index (χ1) is 11.8. The molecule has 126 valence electrons. The molecule has 2 unspecified atom stereocenters. The molecule has 2 heterocycles. The highest BCUT2D eigenvalue weighted by molar-refractivity contribution is 5.79. The number of carbonyl (C=O) groups excluding carboxylic acids is 1. The number of nitrogens with zero attached hydrogens (tertiary/aromatic N) is 2. The summed E-state index contributed by atoms with van der Waals surface area (Å²) < 4.78 is 2.18. The lowest BCUT2D eigenvalue weighted by Crippen LogP contribution is -2.37. The first-order valence-electron chi connectivity index (χ1n) is 9.14. The lowest BCUT2D eigenvalue weighted by Gasteiger charge is -2.27. The zero-order valence-electron chi connectivity index (χ0n) is 14.2. The summed E-state index contributed by atoms with van der Waals surface area (Å²) >= 11 is 0. The monoisotopic (exact) mass is 323 g/mol. The van der Waals surface area contributed by atoms with Crippen molar-refractivity contribution in [1.29, 1.82) is 0 Å². The Morgan fingerprint density at radius 3 is 2.92 bits per heavy atom. The van der Waals surface area contributed by atoms with Gasteiger partial charge in [0.15, 0.2) is 0 Å². The van der Waals surface area contributed by atoms with Gasteiger partial charge in [-0.2, -0.15) is 0 Å². The minimum Gasteiger partial charge on any atom is -0.353 e. The van der Waals surface area contributed by atoms with Gasteiger partial charge in [-0.15, -0.1) is 0 Å². The molecule has 2 atom stereocenters. The average molecular weight is 323 g/mol. The van der Waals surface area contributed by atoms with Gasteiger partial charge in [0.1, 0.15) is 0 Å². The molecule has 0 radical (unpaired) electrons. The van der Waals surface area contributed by atoms with Crippen LogP contribution >= 0.6 is 0 Å². The Hall–Kier alpha value is -2.10. The number of rotatable bonds is 4. The molecule has 1 aliphatic heterocycles. The number of aromatic nitrogens is 2. The van der Waals surface area contributed by atoms with E-state index >= 15 is 0 Å². The van der Waals surface area contributed by atoms with Gasteiger partial charge in [0.05, 0.1) is 24.3 Å². The Morgan fingerprint density at radius 2 is 2.08 bits per heavy atom. The number of hydrogen-bond acceptors (Lipinski definition) is 2. The highest BCUT2D eigenvalue weighted by Gasteiger charge is 2.30. The largest absolute Gasteiger partial charge is 0.353 e. The Kier molecular flexibility index (Phi) is 4.13. The van der Waals surface area contributed by atoms with E-state index in [-0.39, 0.29) is 17.9 Å². The second-order valence-electron chi connectivity index (χ2n) is 7.22. The lowest BCUT2D eigenvalue weighted by molar-refractivity contribution is -0.126. The Bertz CT molecular complexity index is 730. The molecule has 4 nitrogen and oxygen atoms in total. The van der Waals surface area contributed by atoms with Gasteiger partial charge in [-0.1, -0.05) is 50.5 Å². The summed E-state index contributed by atoms with van der Waals surface area (Å²) in [7, 11) is 0. The van der Waals surface area contributed by atoms with Crippen molar-refractivity contribution in [3.05, 3.63) is 42.4 Å². The Balaban J connectivity index is 1.45. The van der Waals surface area contributed by atoms with E-state index in [2.05, 4.69) is 46.1 Å². The van der Waals surface area contributed by atoms with Crippen LogP contribution in [0.4, 0.5) is 0 Å². The number of imidazole rings is 1. The van der Waals surface area contributed by atoms with Crippen LogP contribution in [0.1, 0.15) is 50.6 Å². The van der Waals surface area contributed by atoms with Crippen molar-refractivity contribution in [2.75, 3.05) is 6.54 Å². The third-order valence-electron chi connectivity index (χ3n) is 5.84. The van der Waals surface area contributed by atoms with Crippen molar-refractivity contribution in [3.8, 4) is 11.3 Å². The molecule has 1 amide bonds. The molecule has 0 bridgehead atoms. The zero-order valence-corrected chi connectivity index (χ0v) is 14.2. The lowest BCUT2D eigenvalue weighted by atomic mass is 9.80. The minimum atomic E-state index is 0.115. The molecule has 4 rings (SSSR count). The summed E-state index contributed by atoms with van der Waals surface area (Å²) in [4.78, 5) is 16.9. The molecule has 1 aromatic heterocycles. The van der Waals surface area contributed by atoms with E-state index in [0.717, 1.165) is 5.69 Å². The van der Waals surface area contributed by atoms with E-state index < -0.39 is 0 Å². The van der Waals surface area contributed by atoms with Crippen LogP contribution in [-0.2, 0) is 4.79 Å². The summed E-state index contributed by atoms with van der Waals surface area (Å²) in [6.45, 7) is 2.73. The molecule has 2 aliphatic rings. The van der Waals surface area contributed by atoms with Gasteiger partial charge >= 0.3 is 0 Å². The third-order valence-corrected chi connectivity index (χ3v) is 5.84. The van der Waals surface area contributed by atoms with Crippen molar-refractivity contribution >= 4 is 5.91 Å². The van der Waals surface area contributed by atoms with E-state index in [1.165, 1.54) is 43.2 Å². The van der Waals surface area contributed by atoms with E-state index in [1.807, 2.05) is 12.5 Å². The Morgan fingerprint density at radius 1 is 1.29 bits per heavy atom. The van der Waals surface area contributed by atoms with Gasteiger partial charge in [-0.3, -0.25) is 4.79 Å². The molecule has 4 heteroatoms. The van der Waals surface area contributed by atoms with Crippen molar-refractivity contribution in [2.45, 2.75) is 45.1 Å². The summed E-state index contributed by atoms with van der Waals surface area (Å²) in [5, 5.41) is 3.21. The molecule has 1 fully saturated rings. The number of fused-ring (bicyclic) bond motifs is 3. The molecule has 1 N–H and O–H groups in total. The van der Waals surface area contributed by atoms with Crippen LogP contribution in [0.3, 0.4) is 0 Å². The fraction of sp³-hybridized carbons (Fsp3) is 0.500. The fourth-order valence-corrected chi connectivity index (χ4v) is 4.35. The number of carbonyl (C=O) groups is 1. The van der Waals surface area contributed by atoms with Crippen LogP contribution in [0.25, 0.3) is 11.3 Å². The number of amides is 1. The van der Waals surface area contributed by atoms with Gasteiger partial charge in [0, 0.05) is 18.0 Å². The molecule has 24 heavy (non-hydrogen) atoms. The topological polar surface area (TPSA) is 46.9 Å². The third kappa shape index (κ3) is 2.64. The maximum atomic E-state index is 12.6. The van der Waals surface area contributed by atoms with Crippen LogP contribution in [-0.4, -0.2) is 22.0 Å². The second kappa shape index (κ2) is 6.42.